The molecule has 0 saturated heterocycles. The quantitative estimate of drug-likeness (QED) is 0.310. The summed E-state index contributed by atoms with van der Waals surface area (Å²) in [4.78, 5) is 24.9. The van der Waals surface area contributed by atoms with E-state index in [2.05, 4.69) is 43.1 Å². The van der Waals surface area contributed by atoms with Crippen LogP contribution < -0.4 is 11.1 Å². The number of rotatable bonds is 8. The minimum absolute atomic E-state index is 0.233. The highest BCUT2D eigenvalue weighted by molar-refractivity contribution is 9.10. The smallest absolute Gasteiger partial charge is 0.309 e. The van der Waals surface area contributed by atoms with Gasteiger partial charge in [-0.15, -0.1) is 0 Å². The number of esters is 1. The molecule has 3 aromatic rings. The van der Waals surface area contributed by atoms with Crippen molar-refractivity contribution < 1.29 is 9.53 Å². The predicted molar refractivity (Wildman–Crippen MR) is 112 cm³/mol. The molecule has 0 radical (unpaired) electrons. The average molecular weight is 447 g/mol. The Morgan fingerprint density at radius 1 is 1.29 bits per heavy atom. The number of nitrogens with one attached hydrogen (secondary N) is 1. The fourth-order valence-electron chi connectivity index (χ4n) is 2.85. The Kier molecular flexibility index (Phi) is 6.45. The van der Waals surface area contributed by atoms with Gasteiger partial charge in [-0.2, -0.15) is 9.97 Å². The highest BCUT2D eigenvalue weighted by Crippen LogP contribution is 2.25. The molecule has 148 valence electrons. The van der Waals surface area contributed by atoms with Crippen molar-refractivity contribution in [2.24, 2.45) is 0 Å². The Balaban J connectivity index is 1.91. The average Bonchev–Trinajstić information content (AvgIpc) is 2.98. The Labute approximate surface area is 171 Å². The second-order valence-corrected chi connectivity index (χ2v) is 7.13. The van der Waals surface area contributed by atoms with Gasteiger partial charge in [0.1, 0.15) is 0 Å². The van der Waals surface area contributed by atoms with Crippen LogP contribution in [0.3, 0.4) is 0 Å². The largest absolute Gasteiger partial charge is 0.469 e. The summed E-state index contributed by atoms with van der Waals surface area (Å²) in [6.45, 7) is 3.43. The maximum Gasteiger partial charge on any atom is 0.309 e. The van der Waals surface area contributed by atoms with Crippen molar-refractivity contribution in [3.8, 4) is 0 Å². The first-order valence-electron chi connectivity index (χ1n) is 9.09. The van der Waals surface area contributed by atoms with Gasteiger partial charge in [0.25, 0.3) is 0 Å². The Hall–Kier alpha value is -2.68. The standard InChI is InChI=1S/C19H23BrN6O2/c1-3-4-8-22-19-24-16(21)15-17(25-19)26(18(20)23-15)11-13-7-5-6-12(9-13)10-14(27)28-2/h5-7,9H,3-4,8,10-11H2,1-2H3,(H3,21,22,24,25). The van der Waals surface area contributed by atoms with Gasteiger partial charge in [-0.3, -0.25) is 9.36 Å². The summed E-state index contributed by atoms with van der Waals surface area (Å²) in [5, 5.41) is 3.21. The summed E-state index contributed by atoms with van der Waals surface area (Å²) >= 11 is 3.49. The van der Waals surface area contributed by atoms with Gasteiger partial charge in [-0.1, -0.05) is 37.6 Å². The second kappa shape index (κ2) is 9.01. The molecular weight excluding hydrogens is 424 g/mol. The molecule has 8 nitrogen and oxygen atoms in total. The van der Waals surface area contributed by atoms with Crippen LogP contribution in [-0.2, 0) is 22.5 Å². The van der Waals surface area contributed by atoms with E-state index in [1.165, 1.54) is 7.11 Å². The van der Waals surface area contributed by atoms with Crippen molar-refractivity contribution >= 4 is 44.8 Å². The monoisotopic (exact) mass is 446 g/mol. The summed E-state index contributed by atoms with van der Waals surface area (Å²) in [6, 6.07) is 7.78. The highest BCUT2D eigenvalue weighted by atomic mass is 79.9. The van der Waals surface area contributed by atoms with Crippen molar-refractivity contribution in [3.63, 3.8) is 0 Å². The lowest BCUT2D eigenvalue weighted by Crippen LogP contribution is -2.09. The van der Waals surface area contributed by atoms with Gasteiger partial charge in [0.2, 0.25) is 5.95 Å². The molecule has 0 unspecified atom stereocenters. The van der Waals surface area contributed by atoms with E-state index in [0.717, 1.165) is 30.5 Å². The van der Waals surface area contributed by atoms with Crippen LogP contribution in [0.25, 0.3) is 11.2 Å². The van der Waals surface area contributed by atoms with Gasteiger partial charge in [0.05, 0.1) is 20.1 Å². The first-order chi connectivity index (χ1) is 13.5. The van der Waals surface area contributed by atoms with E-state index >= 15 is 0 Å². The van der Waals surface area contributed by atoms with Crippen molar-refractivity contribution in [3.05, 3.63) is 40.1 Å². The van der Waals surface area contributed by atoms with Gasteiger partial charge in [0.15, 0.2) is 21.7 Å². The number of halogens is 1. The van der Waals surface area contributed by atoms with Crippen LogP contribution in [0.1, 0.15) is 30.9 Å². The highest BCUT2D eigenvalue weighted by Gasteiger charge is 2.16. The SMILES string of the molecule is CCCCNc1nc(N)c2nc(Br)n(Cc3cccc(CC(=O)OC)c3)c2n1. The molecule has 0 bridgehead atoms. The third-order valence-electron chi connectivity index (χ3n) is 4.30. The molecule has 9 heteroatoms. The lowest BCUT2D eigenvalue weighted by Gasteiger charge is -2.09. The minimum Gasteiger partial charge on any atom is -0.469 e. The number of nitrogen functional groups attached to an aromatic ring is 1. The number of benzene rings is 1. The van der Waals surface area contributed by atoms with E-state index in [4.69, 9.17) is 10.5 Å². The molecule has 0 aliphatic carbocycles. The van der Waals surface area contributed by atoms with Gasteiger partial charge >= 0.3 is 5.97 Å². The number of imidazole rings is 1. The van der Waals surface area contributed by atoms with E-state index < -0.39 is 0 Å². The second-order valence-electron chi connectivity index (χ2n) is 6.42. The number of hydrogen-bond acceptors (Lipinski definition) is 7. The molecule has 0 atom stereocenters. The zero-order valence-electron chi connectivity index (χ0n) is 15.9. The number of unbranched alkanes of at least 4 members (excludes halogenated alkanes) is 1. The Morgan fingerprint density at radius 2 is 2.07 bits per heavy atom. The number of methoxy groups -OCH3 is 1. The van der Waals surface area contributed by atoms with Crippen LogP contribution in [-0.4, -0.2) is 39.1 Å². The molecule has 0 aliphatic heterocycles. The number of ether oxygens (including phenoxy) is 1. The molecule has 0 saturated carbocycles. The number of fused-ring (bicyclic) bond motifs is 1. The number of carbonyl (C=O) groups is 1. The molecule has 1 aromatic carbocycles. The predicted octanol–water partition coefficient (Wildman–Crippen LogP) is 3.15. The third kappa shape index (κ3) is 4.59. The van der Waals surface area contributed by atoms with Gasteiger partial charge < -0.3 is 15.8 Å². The Morgan fingerprint density at radius 3 is 2.82 bits per heavy atom. The molecule has 0 spiro atoms. The minimum atomic E-state index is -0.269. The lowest BCUT2D eigenvalue weighted by molar-refractivity contribution is -0.139. The molecule has 3 N–H and O–H groups in total. The number of anilines is 2. The van der Waals surface area contributed by atoms with Crippen LogP contribution >= 0.6 is 15.9 Å². The van der Waals surface area contributed by atoms with E-state index in [1.807, 2.05) is 28.8 Å². The van der Waals surface area contributed by atoms with Crippen LogP contribution in [0.4, 0.5) is 11.8 Å². The van der Waals surface area contributed by atoms with E-state index in [1.54, 1.807) is 0 Å². The Bertz CT molecular complexity index is 988. The lowest BCUT2D eigenvalue weighted by atomic mass is 10.1. The molecular formula is C19H23BrN6O2. The molecule has 3 rings (SSSR count). The van der Waals surface area contributed by atoms with E-state index in [-0.39, 0.29) is 12.4 Å². The summed E-state index contributed by atoms with van der Waals surface area (Å²) in [5.41, 5.74) is 9.20. The van der Waals surface area contributed by atoms with Crippen molar-refractivity contribution in [2.45, 2.75) is 32.7 Å². The number of carbonyl (C=O) groups excluding carboxylic acids is 1. The zero-order chi connectivity index (χ0) is 20.1. The molecule has 2 heterocycles. The fourth-order valence-corrected chi connectivity index (χ4v) is 3.32. The van der Waals surface area contributed by atoms with Crippen molar-refractivity contribution in [1.82, 2.24) is 19.5 Å². The third-order valence-corrected chi connectivity index (χ3v) is 4.90. The number of nitrogens with two attached hydrogens (primary N) is 1. The summed E-state index contributed by atoms with van der Waals surface area (Å²) in [6.07, 6.45) is 2.34. The van der Waals surface area contributed by atoms with Crippen LogP contribution in [0.2, 0.25) is 0 Å². The number of aromatic nitrogens is 4. The zero-order valence-corrected chi connectivity index (χ0v) is 17.5. The first kappa shape index (κ1) is 20.1. The van der Waals surface area contributed by atoms with Crippen molar-refractivity contribution in [1.29, 1.82) is 0 Å². The molecule has 2 aromatic heterocycles. The molecule has 0 aliphatic rings. The number of nitrogens with zero attached hydrogens (tertiary/aromatic N) is 4. The maximum atomic E-state index is 11.5. The molecule has 0 fully saturated rings. The van der Waals surface area contributed by atoms with E-state index in [9.17, 15) is 4.79 Å². The van der Waals surface area contributed by atoms with Crippen LogP contribution in [0.15, 0.2) is 29.0 Å². The summed E-state index contributed by atoms with van der Waals surface area (Å²) in [7, 11) is 1.39. The van der Waals surface area contributed by atoms with E-state index in [0.29, 0.717) is 34.2 Å². The van der Waals surface area contributed by atoms with Gasteiger partial charge in [-0.25, -0.2) is 4.98 Å². The first-order valence-corrected chi connectivity index (χ1v) is 9.88. The van der Waals surface area contributed by atoms with Gasteiger partial charge in [-0.05, 0) is 33.5 Å². The normalized spacial score (nSPS) is 11.0. The summed E-state index contributed by atoms with van der Waals surface area (Å²) in [5.74, 6) is 0.559. The van der Waals surface area contributed by atoms with Crippen molar-refractivity contribution in [2.75, 3.05) is 24.7 Å². The van der Waals surface area contributed by atoms with Gasteiger partial charge in [0, 0.05) is 6.54 Å². The van der Waals surface area contributed by atoms with Crippen LogP contribution in [0, 0.1) is 0 Å². The topological polar surface area (TPSA) is 108 Å². The maximum absolute atomic E-state index is 11.5. The molecule has 28 heavy (non-hydrogen) atoms. The number of hydrogen-bond donors (Lipinski definition) is 2. The summed E-state index contributed by atoms with van der Waals surface area (Å²) < 4.78 is 7.29. The fraction of sp³-hybridized carbons (Fsp3) is 0.368. The van der Waals surface area contributed by atoms with Crippen LogP contribution in [0.5, 0.6) is 0 Å². The molecule has 0 amide bonds.